The van der Waals surface area contributed by atoms with Crippen LogP contribution in [0.1, 0.15) is 22.3 Å². The Morgan fingerprint density at radius 3 is 2.15 bits per heavy atom. The van der Waals surface area contributed by atoms with Gasteiger partial charge in [0.1, 0.15) is 5.88 Å². The Kier molecular flexibility index (Phi) is 11.7. The van der Waals surface area contributed by atoms with Crippen LogP contribution < -0.4 is 5.73 Å². The lowest BCUT2D eigenvalue weighted by Gasteiger charge is -2.01. The first-order valence-corrected chi connectivity index (χ1v) is 15.6. The van der Waals surface area contributed by atoms with Crippen LogP contribution in [0.2, 0.25) is 0 Å². The summed E-state index contributed by atoms with van der Waals surface area (Å²) in [6, 6.07) is 32.0. The third-order valence-electron chi connectivity index (χ3n) is 6.10. The number of benzene rings is 3. The normalized spacial score (nSPS) is 10.4. The largest absolute Gasteiger partial charge is 0.399 e. The number of hydrogen-bond donors (Lipinski definition) is 1. The van der Waals surface area contributed by atoms with E-state index in [1.54, 1.807) is 97.6 Å². The van der Waals surface area contributed by atoms with Crippen molar-refractivity contribution in [3.63, 3.8) is 0 Å². The van der Waals surface area contributed by atoms with E-state index in [1.807, 2.05) is 37.3 Å². The zero-order valence-corrected chi connectivity index (χ0v) is 26.0. The molecule has 0 spiro atoms. The van der Waals surface area contributed by atoms with Gasteiger partial charge in [-0.15, -0.1) is 15.0 Å². The van der Waals surface area contributed by atoms with E-state index < -0.39 is 9.84 Å². The van der Waals surface area contributed by atoms with Crippen molar-refractivity contribution in [1.82, 2.24) is 30.2 Å². The fourth-order valence-electron chi connectivity index (χ4n) is 3.76. The van der Waals surface area contributed by atoms with Crippen molar-refractivity contribution in [3.05, 3.63) is 144 Å². The second-order valence-corrected chi connectivity index (χ2v) is 11.7. The maximum atomic E-state index is 12.0. The molecule has 0 aliphatic rings. The van der Waals surface area contributed by atoms with Crippen molar-refractivity contribution in [1.29, 1.82) is 10.5 Å². The van der Waals surface area contributed by atoms with Crippen molar-refractivity contribution in [2.45, 2.75) is 11.8 Å². The van der Waals surface area contributed by atoms with Gasteiger partial charge in [0.15, 0.2) is 9.84 Å². The van der Waals surface area contributed by atoms with E-state index in [4.69, 9.17) is 16.3 Å². The van der Waals surface area contributed by atoms with Crippen molar-refractivity contribution in [2.75, 3.05) is 11.6 Å². The molecule has 6 aromatic rings. The van der Waals surface area contributed by atoms with Gasteiger partial charge in [-0.05, 0) is 78.9 Å². The minimum absolute atomic E-state index is 0.259. The maximum absolute atomic E-state index is 12.0. The molecule has 0 unspecified atom stereocenters. The molecule has 13 heteroatoms. The number of anilines is 1. The minimum atomic E-state index is -3.37. The van der Waals surface area contributed by atoms with Crippen LogP contribution in [-0.2, 0) is 9.84 Å². The Hall–Kier alpha value is -6.57. The molecular weight excluding hydrogens is 613 g/mol. The molecule has 0 saturated carbocycles. The number of nitrogens with zero attached hydrogens (tertiary/aromatic N) is 9. The predicted molar refractivity (Wildman–Crippen MR) is 178 cm³/mol. The fraction of sp³-hybridized carbons (Fsp3) is 0.0588. The van der Waals surface area contributed by atoms with Gasteiger partial charge in [0.25, 0.3) is 0 Å². The average Bonchev–Trinajstić information content (AvgIpc) is 3.61. The molecule has 0 aliphatic heterocycles. The third-order valence-corrected chi connectivity index (χ3v) is 7.58. The van der Waals surface area contributed by atoms with Gasteiger partial charge in [0.05, 0.1) is 33.8 Å². The SMILES string of the molecule is Cc1ccc(S(=O)(=O)CN=Cc2cccnc2)cc1.N#Cc1cccc(-n2nnc(-c3cccnc3)n2)c1.N#Cc1cccc(N)c1. The van der Waals surface area contributed by atoms with Crippen LogP contribution in [0.15, 0.2) is 132 Å². The van der Waals surface area contributed by atoms with Gasteiger partial charge in [-0.25, -0.2) is 8.42 Å². The highest BCUT2D eigenvalue weighted by molar-refractivity contribution is 7.91. The Labute approximate surface area is 272 Å². The van der Waals surface area contributed by atoms with Crippen LogP contribution in [0.25, 0.3) is 17.1 Å². The number of tetrazole rings is 1. The second-order valence-electron chi connectivity index (χ2n) is 9.70. The number of aliphatic imine (C=N–C) groups is 1. The average molecular weight is 641 g/mol. The van der Waals surface area contributed by atoms with Crippen molar-refractivity contribution < 1.29 is 8.42 Å². The highest BCUT2D eigenvalue weighted by Crippen LogP contribution is 2.14. The lowest BCUT2D eigenvalue weighted by molar-refractivity contribution is 0.596. The zero-order valence-electron chi connectivity index (χ0n) is 25.2. The topological polar surface area (TPSA) is 189 Å². The Balaban J connectivity index is 0.000000170. The Morgan fingerprint density at radius 2 is 1.53 bits per heavy atom. The molecule has 0 radical (unpaired) electrons. The molecule has 6 rings (SSSR count). The highest BCUT2D eigenvalue weighted by Gasteiger charge is 2.12. The van der Waals surface area contributed by atoms with Gasteiger partial charge >= 0.3 is 0 Å². The second kappa shape index (κ2) is 16.5. The molecule has 47 heavy (non-hydrogen) atoms. The first-order chi connectivity index (χ1) is 22.8. The summed E-state index contributed by atoms with van der Waals surface area (Å²) < 4.78 is 24.0. The quantitative estimate of drug-likeness (QED) is 0.192. The highest BCUT2D eigenvalue weighted by atomic mass is 32.2. The number of pyridine rings is 2. The van der Waals surface area contributed by atoms with Crippen LogP contribution in [0, 0.1) is 29.6 Å². The van der Waals surface area contributed by atoms with E-state index >= 15 is 0 Å². The van der Waals surface area contributed by atoms with Crippen molar-refractivity contribution in [2.24, 2.45) is 4.99 Å². The van der Waals surface area contributed by atoms with E-state index in [0.29, 0.717) is 33.2 Å². The van der Waals surface area contributed by atoms with Gasteiger partial charge in [0.2, 0.25) is 5.82 Å². The third kappa shape index (κ3) is 10.2. The molecule has 0 saturated heterocycles. The molecule has 3 aromatic heterocycles. The molecule has 3 aromatic carbocycles. The van der Waals surface area contributed by atoms with Crippen LogP contribution in [0.5, 0.6) is 0 Å². The standard InChI is InChI=1S/C14H14N2O2S.C13H8N6.C7H6N2/c1-12-4-6-14(7-5-12)19(17,18)11-16-10-13-3-2-8-15-9-13;14-8-10-3-1-5-12(7-10)19-17-13(16-18-19)11-4-2-6-15-9-11;8-5-6-2-1-3-7(9)4-6/h2-10H,11H2,1H3;1-7,9H;1-4H,9H2. The van der Waals surface area contributed by atoms with E-state index in [-0.39, 0.29) is 5.88 Å². The number of aromatic nitrogens is 6. The van der Waals surface area contributed by atoms with Crippen LogP contribution >= 0.6 is 0 Å². The lowest BCUT2D eigenvalue weighted by atomic mass is 10.2. The molecule has 232 valence electrons. The molecular formula is C34H28N10O2S. The van der Waals surface area contributed by atoms with Gasteiger partial charge in [-0.2, -0.15) is 10.5 Å². The van der Waals surface area contributed by atoms with Gasteiger partial charge in [-0.3, -0.25) is 15.0 Å². The summed E-state index contributed by atoms with van der Waals surface area (Å²) in [7, 11) is -3.37. The number of nitrogen functional groups attached to an aromatic ring is 1. The molecule has 0 bridgehead atoms. The Bertz CT molecular complexity index is 2120. The Morgan fingerprint density at radius 1 is 0.851 bits per heavy atom. The molecule has 2 N–H and O–H groups in total. The summed E-state index contributed by atoms with van der Waals surface area (Å²) in [5.41, 5.74) is 10.5. The maximum Gasteiger partial charge on any atom is 0.206 e. The van der Waals surface area contributed by atoms with E-state index in [0.717, 1.165) is 16.7 Å². The number of aryl methyl sites for hydroxylation is 1. The molecule has 0 atom stereocenters. The first-order valence-electron chi connectivity index (χ1n) is 13.9. The molecule has 3 heterocycles. The number of sulfone groups is 1. The van der Waals surface area contributed by atoms with Gasteiger partial charge in [0, 0.05) is 47.8 Å². The minimum Gasteiger partial charge on any atom is -0.399 e. The summed E-state index contributed by atoms with van der Waals surface area (Å²) >= 11 is 0. The van der Waals surface area contributed by atoms with E-state index in [2.05, 4.69) is 36.4 Å². The van der Waals surface area contributed by atoms with Crippen LogP contribution in [0.3, 0.4) is 0 Å². The zero-order chi connectivity index (χ0) is 33.5. The monoisotopic (exact) mass is 640 g/mol. The lowest BCUT2D eigenvalue weighted by Crippen LogP contribution is -2.05. The number of nitrogens with two attached hydrogens (primary N) is 1. The number of nitriles is 2. The van der Waals surface area contributed by atoms with E-state index in [9.17, 15) is 8.42 Å². The fourth-order valence-corrected chi connectivity index (χ4v) is 4.73. The number of rotatable bonds is 6. The van der Waals surface area contributed by atoms with E-state index in [1.165, 1.54) is 11.0 Å². The van der Waals surface area contributed by atoms with Gasteiger partial charge < -0.3 is 5.73 Å². The molecule has 0 fully saturated rings. The summed E-state index contributed by atoms with van der Waals surface area (Å²) in [4.78, 5) is 13.6. The van der Waals surface area contributed by atoms with Gasteiger partial charge in [-0.1, -0.05) is 35.9 Å². The predicted octanol–water partition coefficient (Wildman–Crippen LogP) is 4.98. The molecule has 12 nitrogen and oxygen atoms in total. The first kappa shape index (κ1) is 33.3. The van der Waals surface area contributed by atoms with Crippen molar-refractivity contribution in [3.8, 4) is 29.2 Å². The summed E-state index contributed by atoms with van der Waals surface area (Å²) in [6.07, 6.45) is 8.15. The summed E-state index contributed by atoms with van der Waals surface area (Å²) in [5, 5.41) is 29.4. The summed E-state index contributed by atoms with van der Waals surface area (Å²) in [5.74, 6) is 0.237. The summed E-state index contributed by atoms with van der Waals surface area (Å²) in [6.45, 7) is 1.91. The van der Waals surface area contributed by atoms with Crippen LogP contribution in [-0.4, -0.2) is 50.7 Å². The molecule has 0 aliphatic carbocycles. The van der Waals surface area contributed by atoms with Crippen LogP contribution in [0.4, 0.5) is 5.69 Å². The molecule has 0 amide bonds. The smallest absolute Gasteiger partial charge is 0.206 e. The van der Waals surface area contributed by atoms with Crippen molar-refractivity contribution >= 4 is 21.7 Å². The number of hydrogen-bond acceptors (Lipinski definition) is 11.